The third kappa shape index (κ3) is 2.76. The lowest BCUT2D eigenvalue weighted by atomic mass is 10.1. The van der Waals surface area contributed by atoms with E-state index in [1.54, 1.807) is 0 Å². The van der Waals surface area contributed by atoms with Crippen molar-refractivity contribution in [3.63, 3.8) is 0 Å². The molecule has 2 nitrogen and oxygen atoms in total. The molecule has 3 heteroatoms. The minimum Gasteiger partial charge on any atom is -0.297 e. The summed E-state index contributed by atoms with van der Waals surface area (Å²) in [6, 6.07) is 23.5. The average molecular weight is 318 g/mol. The Balaban J connectivity index is 1.75. The Bertz CT molecular complexity index is 821. The molecule has 23 heavy (non-hydrogen) atoms. The first kappa shape index (κ1) is 14.1. The fraction of sp³-hybridized carbons (Fsp3) is 0.100. The van der Waals surface area contributed by atoms with Crippen molar-refractivity contribution in [1.82, 2.24) is 5.43 Å². The van der Waals surface area contributed by atoms with Gasteiger partial charge in [-0.05, 0) is 47.7 Å². The van der Waals surface area contributed by atoms with Gasteiger partial charge in [-0.25, -0.2) is 0 Å². The van der Waals surface area contributed by atoms with Crippen LogP contribution < -0.4 is 10.4 Å². The summed E-state index contributed by atoms with van der Waals surface area (Å²) in [6.07, 6.45) is 2.31. The van der Waals surface area contributed by atoms with Crippen molar-refractivity contribution in [3.8, 4) is 0 Å². The molecule has 0 spiro atoms. The van der Waals surface area contributed by atoms with E-state index in [0.29, 0.717) is 0 Å². The van der Waals surface area contributed by atoms with E-state index < -0.39 is 0 Å². The Morgan fingerprint density at radius 1 is 0.957 bits per heavy atom. The van der Waals surface area contributed by atoms with Crippen LogP contribution in [0.5, 0.6) is 0 Å². The van der Waals surface area contributed by atoms with E-state index in [-0.39, 0.29) is 6.04 Å². The highest BCUT2D eigenvalue weighted by atomic mass is 32.1. The Hall–Kier alpha value is -2.52. The lowest BCUT2D eigenvalue weighted by Gasteiger charge is -2.26. The summed E-state index contributed by atoms with van der Waals surface area (Å²) < 4.78 is 0. The number of aryl methyl sites for hydroxylation is 1. The van der Waals surface area contributed by atoms with Gasteiger partial charge in [0.15, 0.2) is 0 Å². The number of para-hydroxylation sites is 1. The highest BCUT2D eigenvalue weighted by Crippen LogP contribution is 2.37. The molecule has 1 atom stereocenters. The van der Waals surface area contributed by atoms with E-state index in [1.165, 1.54) is 21.7 Å². The van der Waals surface area contributed by atoms with Gasteiger partial charge in [0.05, 0.1) is 11.4 Å². The monoisotopic (exact) mass is 318 g/mol. The SMILES string of the molecule is Cc1csc(C2C=C(c3ccccc3)NN2c2ccccc2)c1. The Kier molecular flexibility index (Phi) is 3.64. The zero-order valence-corrected chi connectivity index (χ0v) is 13.8. The number of hydrogen-bond acceptors (Lipinski definition) is 3. The van der Waals surface area contributed by atoms with Gasteiger partial charge < -0.3 is 0 Å². The van der Waals surface area contributed by atoms with Crippen LogP contribution in [-0.2, 0) is 0 Å². The molecule has 0 saturated carbocycles. The summed E-state index contributed by atoms with van der Waals surface area (Å²) in [5.74, 6) is 0. The number of hydrogen-bond donors (Lipinski definition) is 1. The molecular formula is C20H18N2S. The summed E-state index contributed by atoms with van der Waals surface area (Å²) in [6.45, 7) is 2.15. The smallest absolute Gasteiger partial charge is 0.105 e. The molecule has 0 amide bonds. The van der Waals surface area contributed by atoms with Gasteiger partial charge in [0.2, 0.25) is 0 Å². The zero-order chi connectivity index (χ0) is 15.6. The van der Waals surface area contributed by atoms with Crippen LogP contribution in [-0.4, -0.2) is 0 Å². The Morgan fingerprint density at radius 2 is 1.65 bits per heavy atom. The van der Waals surface area contributed by atoms with Crippen LogP contribution in [0, 0.1) is 6.92 Å². The van der Waals surface area contributed by atoms with Crippen LogP contribution in [0.1, 0.15) is 22.0 Å². The zero-order valence-electron chi connectivity index (χ0n) is 12.9. The topological polar surface area (TPSA) is 15.3 Å². The summed E-state index contributed by atoms with van der Waals surface area (Å²) >= 11 is 1.82. The van der Waals surface area contributed by atoms with Crippen molar-refractivity contribution in [3.05, 3.63) is 94.2 Å². The van der Waals surface area contributed by atoms with Crippen LogP contribution in [0.2, 0.25) is 0 Å². The molecule has 0 aliphatic carbocycles. The lowest BCUT2D eigenvalue weighted by Crippen LogP contribution is -2.33. The molecule has 3 aromatic rings. The second kappa shape index (κ2) is 5.94. The third-order valence-electron chi connectivity index (χ3n) is 4.01. The largest absolute Gasteiger partial charge is 0.297 e. The molecule has 0 bridgehead atoms. The number of nitrogens with zero attached hydrogens (tertiary/aromatic N) is 1. The maximum absolute atomic E-state index is 3.58. The van der Waals surface area contributed by atoms with Crippen LogP contribution in [0.3, 0.4) is 0 Å². The molecule has 2 aromatic carbocycles. The summed E-state index contributed by atoms with van der Waals surface area (Å²) in [4.78, 5) is 1.35. The van der Waals surface area contributed by atoms with E-state index in [4.69, 9.17) is 0 Å². The first-order chi connectivity index (χ1) is 11.3. The fourth-order valence-corrected chi connectivity index (χ4v) is 3.84. The van der Waals surface area contributed by atoms with E-state index in [9.17, 15) is 0 Å². The lowest BCUT2D eigenvalue weighted by molar-refractivity contribution is 0.733. The molecule has 1 aliphatic rings. The highest BCUT2D eigenvalue weighted by molar-refractivity contribution is 7.10. The minimum atomic E-state index is 0.214. The molecule has 0 fully saturated rings. The molecule has 0 saturated heterocycles. The van der Waals surface area contributed by atoms with Crippen molar-refractivity contribution in [2.45, 2.75) is 13.0 Å². The van der Waals surface area contributed by atoms with Crippen molar-refractivity contribution in [1.29, 1.82) is 0 Å². The van der Waals surface area contributed by atoms with Gasteiger partial charge >= 0.3 is 0 Å². The van der Waals surface area contributed by atoms with E-state index in [0.717, 1.165) is 5.70 Å². The average Bonchev–Trinajstić information content (AvgIpc) is 3.23. The normalized spacial score (nSPS) is 17.0. The van der Waals surface area contributed by atoms with Crippen LogP contribution in [0.15, 0.2) is 78.2 Å². The number of anilines is 1. The van der Waals surface area contributed by atoms with E-state index in [2.05, 4.69) is 89.5 Å². The number of nitrogens with one attached hydrogen (secondary N) is 1. The summed E-state index contributed by atoms with van der Waals surface area (Å²) in [7, 11) is 0. The molecule has 1 unspecified atom stereocenters. The van der Waals surface area contributed by atoms with Gasteiger partial charge in [0, 0.05) is 4.88 Å². The van der Waals surface area contributed by atoms with Gasteiger partial charge in [-0.15, -0.1) is 11.3 Å². The van der Waals surface area contributed by atoms with Crippen molar-refractivity contribution in [2.24, 2.45) is 0 Å². The van der Waals surface area contributed by atoms with Crippen molar-refractivity contribution >= 4 is 22.7 Å². The fourth-order valence-electron chi connectivity index (χ4n) is 2.88. The quantitative estimate of drug-likeness (QED) is 0.717. The number of benzene rings is 2. The van der Waals surface area contributed by atoms with Gasteiger partial charge in [-0.2, -0.15) is 0 Å². The molecule has 1 aromatic heterocycles. The predicted octanol–water partition coefficient (Wildman–Crippen LogP) is 5.16. The number of hydrazine groups is 1. The van der Waals surface area contributed by atoms with Crippen LogP contribution >= 0.6 is 11.3 Å². The Labute approximate surface area is 140 Å². The molecular weight excluding hydrogens is 300 g/mol. The molecule has 0 radical (unpaired) electrons. The van der Waals surface area contributed by atoms with Gasteiger partial charge in [-0.1, -0.05) is 48.5 Å². The number of rotatable bonds is 3. The highest BCUT2D eigenvalue weighted by Gasteiger charge is 2.27. The van der Waals surface area contributed by atoms with Crippen molar-refractivity contribution in [2.75, 3.05) is 5.01 Å². The van der Waals surface area contributed by atoms with E-state index >= 15 is 0 Å². The molecule has 114 valence electrons. The standard InChI is InChI=1S/C20H18N2S/c1-15-12-20(23-14-15)19-13-18(16-8-4-2-5-9-16)21-22(19)17-10-6-3-7-11-17/h2-14,19,21H,1H3. The maximum Gasteiger partial charge on any atom is 0.105 e. The number of thiophene rings is 1. The first-order valence-electron chi connectivity index (χ1n) is 7.74. The first-order valence-corrected chi connectivity index (χ1v) is 8.62. The van der Waals surface area contributed by atoms with Crippen LogP contribution in [0.4, 0.5) is 5.69 Å². The van der Waals surface area contributed by atoms with Crippen LogP contribution in [0.25, 0.3) is 5.70 Å². The minimum absolute atomic E-state index is 0.214. The maximum atomic E-state index is 3.58. The molecule has 1 N–H and O–H groups in total. The van der Waals surface area contributed by atoms with Crippen molar-refractivity contribution < 1.29 is 0 Å². The molecule has 1 aliphatic heterocycles. The second-order valence-electron chi connectivity index (χ2n) is 5.73. The van der Waals surface area contributed by atoms with Gasteiger partial charge in [0.25, 0.3) is 0 Å². The summed E-state index contributed by atoms with van der Waals surface area (Å²) in [5.41, 5.74) is 8.44. The van der Waals surface area contributed by atoms with Gasteiger partial charge in [0.1, 0.15) is 6.04 Å². The third-order valence-corrected chi connectivity index (χ3v) is 5.13. The molecule has 2 heterocycles. The Morgan fingerprint density at radius 3 is 2.30 bits per heavy atom. The van der Waals surface area contributed by atoms with E-state index in [1.807, 2.05) is 17.4 Å². The summed E-state index contributed by atoms with van der Waals surface area (Å²) in [5, 5.41) is 4.46. The van der Waals surface area contributed by atoms with Gasteiger partial charge in [-0.3, -0.25) is 10.4 Å². The predicted molar refractivity (Wildman–Crippen MR) is 98.3 cm³/mol. The second-order valence-corrected chi connectivity index (χ2v) is 6.68. The molecule has 4 rings (SSSR count).